The van der Waals surface area contributed by atoms with E-state index < -0.39 is 5.79 Å². The second-order valence-corrected chi connectivity index (χ2v) is 9.72. The molecule has 0 aromatic carbocycles. The third kappa shape index (κ3) is 4.92. The molecule has 2 rings (SSSR count). The topological polar surface area (TPSA) is 46.5 Å². The predicted molar refractivity (Wildman–Crippen MR) is 110 cm³/mol. The number of Topliss-reactive ketones (excluding diaryl/α,β-unsaturated/α-hetero) is 1. The van der Waals surface area contributed by atoms with Crippen molar-refractivity contribution in [2.24, 2.45) is 23.2 Å². The highest BCUT2D eigenvalue weighted by atomic mass is 16.6. The molecule has 5 atom stereocenters. The molecule has 2 fully saturated rings. The van der Waals surface area contributed by atoms with Crippen LogP contribution < -0.4 is 0 Å². The summed E-state index contributed by atoms with van der Waals surface area (Å²) in [6.45, 7) is 8.69. The maximum Gasteiger partial charge on any atom is 0.170 e. The number of aliphatic hydroxyl groups is 1. The standard InChI is InChI=1S/C22H41BO3/c1-5-16(2)15-21(3,4)22(25)12-11-18-17(10-8-6-7-9-13-23)19(24)14-20(18)26-22/h16-18,20,25H,5-15,23H2,1-4H3. The van der Waals surface area contributed by atoms with Crippen molar-refractivity contribution < 1.29 is 14.6 Å². The number of carbonyl (C=O) groups excluding carboxylic acids is 1. The first-order chi connectivity index (χ1) is 12.2. The summed E-state index contributed by atoms with van der Waals surface area (Å²) in [4.78, 5) is 12.6. The zero-order valence-electron chi connectivity index (χ0n) is 17.9. The third-order valence-corrected chi connectivity index (χ3v) is 7.21. The highest BCUT2D eigenvalue weighted by Gasteiger charge is 2.55. The lowest BCUT2D eigenvalue weighted by Gasteiger charge is -2.49. The lowest BCUT2D eigenvalue weighted by molar-refractivity contribution is -0.317. The van der Waals surface area contributed by atoms with Crippen LogP contribution in [0.4, 0.5) is 0 Å². The van der Waals surface area contributed by atoms with Gasteiger partial charge in [-0.2, -0.15) is 0 Å². The van der Waals surface area contributed by atoms with Crippen molar-refractivity contribution in [3.05, 3.63) is 0 Å². The van der Waals surface area contributed by atoms with Crippen molar-refractivity contribution in [2.45, 2.75) is 110 Å². The summed E-state index contributed by atoms with van der Waals surface area (Å²) >= 11 is 0. The molecule has 0 aromatic heterocycles. The molecule has 4 heteroatoms. The number of unbranched alkanes of at least 4 members (excludes halogenated alkanes) is 3. The first-order valence-electron chi connectivity index (χ1n) is 11.2. The Kier molecular flexibility index (Phi) is 7.79. The van der Waals surface area contributed by atoms with Crippen molar-refractivity contribution in [3.63, 3.8) is 0 Å². The predicted octanol–water partition coefficient (Wildman–Crippen LogP) is 4.52. The van der Waals surface area contributed by atoms with E-state index in [0.29, 0.717) is 30.5 Å². The van der Waals surface area contributed by atoms with Crippen molar-refractivity contribution in [2.75, 3.05) is 0 Å². The smallest absolute Gasteiger partial charge is 0.170 e. The van der Waals surface area contributed by atoms with Gasteiger partial charge in [-0.3, -0.25) is 4.79 Å². The van der Waals surface area contributed by atoms with Crippen LogP contribution in [0.2, 0.25) is 6.32 Å². The zero-order valence-corrected chi connectivity index (χ0v) is 17.9. The number of carbonyl (C=O) groups is 1. The van der Waals surface area contributed by atoms with E-state index in [4.69, 9.17) is 4.74 Å². The maximum absolute atomic E-state index is 12.6. The molecule has 26 heavy (non-hydrogen) atoms. The molecule has 1 aliphatic carbocycles. The van der Waals surface area contributed by atoms with Gasteiger partial charge >= 0.3 is 0 Å². The molecule has 0 aromatic rings. The van der Waals surface area contributed by atoms with Crippen molar-refractivity contribution in [3.8, 4) is 0 Å². The van der Waals surface area contributed by atoms with Gasteiger partial charge in [0.05, 0.1) is 6.10 Å². The van der Waals surface area contributed by atoms with Crippen LogP contribution in [0.5, 0.6) is 0 Å². The third-order valence-electron chi connectivity index (χ3n) is 7.21. The molecule has 5 unspecified atom stereocenters. The fourth-order valence-electron chi connectivity index (χ4n) is 5.20. The monoisotopic (exact) mass is 364 g/mol. The van der Waals surface area contributed by atoms with E-state index in [2.05, 4.69) is 35.5 Å². The number of ether oxygens (including phenoxy) is 1. The molecule has 150 valence electrons. The fourth-order valence-corrected chi connectivity index (χ4v) is 5.20. The lowest BCUT2D eigenvalue weighted by atomic mass is 9.71. The van der Waals surface area contributed by atoms with Crippen LogP contribution in [-0.2, 0) is 9.53 Å². The Morgan fingerprint density at radius 2 is 2.00 bits per heavy atom. The van der Waals surface area contributed by atoms with Gasteiger partial charge in [-0.25, -0.2) is 0 Å². The molecule has 1 saturated heterocycles. The van der Waals surface area contributed by atoms with Crippen molar-refractivity contribution >= 4 is 13.6 Å². The molecule has 1 N–H and O–H groups in total. The molecule has 0 bridgehead atoms. The van der Waals surface area contributed by atoms with Crippen LogP contribution in [0.1, 0.15) is 91.9 Å². The highest BCUT2D eigenvalue weighted by Crippen LogP contribution is 2.51. The molecular formula is C22H41BO3. The van der Waals surface area contributed by atoms with Crippen LogP contribution in [0.15, 0.2) is 0 Å². The van der Waals surface area contributed by atoms with E-state index in [1.54, 1.807) is 0 Å². The Morgan fingerprint density at radius 3 is 2.65 bits per heavy atom. The normalized spacial score (nSPS) is 33.3. The first kappa shape index (κ1) is 21.9. The van der Waals surface area contributed by atoms with Crippen LogP contribution in [0.25, 0.3) is 0 Å². The summed E-state index contributed by atoms with van der Waals surface area (Å²) < 4.78 is 6.29. The fraction of sp³-hybridized carbons (Fsp3) is 0.955. The maximum atomic E-state index is 12.6. The van der Waals surface area contributed by atoms with Crippen LogP contribution in [-0.4, -0.2) is 30.6 Å². The summed E-state index contributed by atoms with van der Waals surface area (Å²) in [6, 6.07) is 0. The van der Waals surface area contributed by atoms with E-state index in [1.807, 2.05) is 0 Å². The van der Waals surface area contributed by atoms with Gasteiger partial charge in [-0.15, -0.1) is 0 Å². The van der Waals surface area contributed by atoms with E-state index in [-0.39, 0.29) is 17.4 Å². The molecule has 1 saturated carbocycles. The molecule has 1 heterocycles. The summed E-state index contributed by atoms with van der Waals surface area (Å²) in [7, 11) is 2.23. The van der Waals surface area contributed by atoms with Gasteiger partial charge < -0.3 is 9.84 Å². The summed E-state index contributed by atoms with van der Waals surface area (Å²) in [5, 5.41) is 11.3. The minimum absolute atomic E-state index is 0.0712. The van der Waals surface area contributed by atoms with Gasteiger partial charge in [0.2, 0.25) is 0 Å². The SMILES string of the molecule is BCCCCCCC1C(=O)CC2OC(O)(C(C)(C)CC(C)CC)CCC21. The molecule has 3 nitrogen and oxygen atoms in total. The van der Waals surface area contributed by atoms with Crippen LogP contribution in [0.3, 0.4) is 0 Å². The van der Waals surface area contributed by atoms with Crippen LogP contribution in [0, 0.1) is 23.2 Å². The van der Waals surface area contributed by atoms with Crippen molar-refractivity contribution in [1.29, 1.82) is 0 Å². The Balaban J connectivity index is 1.94. The summed E-state index contributed by atoms with van der Waals surface area (Å²) in [5.41, 5.74) is -0.283. The van der Waals surface area contributed by atoms with E-state index >= 15 is 0 Å². The molecule has 2 aliphatic rings. The number of hydrogen-bond donors (Lipinski definition) is 1. The van der Waals surface area contributed by atoms with Crippen LogP contribution >= 0.6 is 0 Å². The average molecular weight is 364 g/mol. The van der Waals surface area contributed by atoms with E-state index in [9.17, 15) is 9.90 Å². The number of fused-ring (bicyclic) bond motifs is 1. The van der Waals surface area contributed by atoms with Gasteiger partial charge in [0, 0.05) is 24.2 Å². The average Bonchev–Trinajstić information content (AvgIpc) is 2.88. The number of hydrogen-bond acceptors (Lipinski definition) is 3. The highest BCUT2D eigenvalue weighted by molar-refractivity contribution is 6.08. The minimum Gasteiger partial charge on any atom is -0.365 e. The summed E-state index contributed by atoms with van der Waals surface area (Å²) in [6.07, 6.45) is 11.3. The Labute approximate surface area is 162 Å². The Morgan fingerprint density at radius 1 is 1.31 bits per heavy atom. The Hall–Kier alpha value is -0.345. The van der Waals surface area contributed by atoms with Crippen molar-refractivity contribution in [1.82, 2.24) is 0 Å². The molecule has 0 spiro atoms. The molecule has 1 aliphatic heterocycles. The van der Waals surface area contributed by atoms with E-state index in [1.165, 1.54) is 25.6 Å². The number of ketones is 1. The first-order valence-corrected chi connectivity index (χ1v) is 11.2. The number of rotatable bonds is 10. The molecule has 0 radical (unpaired) electrons. The van der Waals surface area contributed by atoms with Gasteiger partial charge in [-0.05, 0) is 31.1 Å². The largest absolute Gasteiger partial charge is 0.365 e. The van der Waals surface area contributed by atoms with Gasteiger partial charge in [0.25, 0.3) is 0 Å². The van der Waals surface area contributed by atoms with Gasteiger partial charge in [0.15, 0.2) is 5.79 Å². The molecule has 0 amide bonds. The quantitative estimate of drug-likeness (QED) is 0.458. The minimum atomic E-state index is -1.09. The van der Waals surface area contributed by atoms with Gasteiger partial charge in [0.1, 0.15) is 13.6 Å². The summed E-state index contributed by atoms with van der Waals surface area (Å²) in [5.74, 6) is 0.349. The van der Waals surface area contributed by atoms with Gasteiger partial charge in [-0.1, -0.05) is 66.1 Å². The second kappa shape index (κ2) is 9.23. The zero-order chi connectivity index (χ0) is 19.4. The Bertz CT molecular complexity index is 464. The lowest BCUT2D eigenvalue weighted by Crippen LogP contribution is -2.54. The second-order valence-electron chi connectivity index (χ2n) is 9.72. The molecular weight excluding hydrogens is 323 g/mol. The van der Waals surface area contributed by atoms with E-state index in [0.717, 1.165) is 32.1 Å².